The lowest BCUT2D eigenvalue weighted by Gasteiger charge is -2.11. The monoisotopic (exact) mass is 417 g/mol. The van der Waals surface area contributed by atoms with Crippen molar-refractivity contribution in [1.29, 1.82) is 0 Å². The van der Waals surface area contributed by atoms with Gasteiger partial charge in [0.05, 0.1) is 31.0 Å². The highest BCUT2D eigenvalue weighted by Crippen LogP contribution is 2.42. The van der Waals surface area contributed by atoms with E-state index in [1.165, 1.54) is 0 Å². The van der Waals surface area contributed by atoms with Gasteiger partial charge in [-0.3, -0.25) is 0 Å². The van der Waals surface area contributed by atoms with Crippen LogP contribution in [0.15, 0.2) is 71.3 Å². The molecule has 0 bridgehead atoms. The Labute approximate surface area is 180 Å². The van der Waals surface area contributed by atoms with E-state index in [4.69, 9.17) is 18.7 Å². The zero-order valence-electron chi connectivity index (χ0n) is 17.6. The summed E-state index contributed by atoms with van der Waals surface area (Å²) in [6.45, 7) is 2.27. The summed E-state index contributed by atoms with van der Waals surface area (Å²) in [6, 6.07) is 20.6. The van der Waals surface area contributed by atoms with E-state index in [0.29, 0.717) is 40.9 Å². The number of rotatable bonds is 7. The van der Waals surface area contributed by atoms with Crippen LogP contribution in [-0.4, -0.2) is 24.5 Å². The number of hydrogen-bond donors (Lipinski definition) is 1. The van der Waals surface area contributed by atoms with Gasteiger partial charge in [0.25, 0.3) is 0 Å². The summed E-state index contributed by atoms with van der Waals surface area (Å²) in [5.74, 6) is 2.30. The fraction of sp³-hybridized carbons (Fsp3) is 0.160. The van der Waals surface area contributed by atoms with Crippen LogP contribution in [0.2, 0.25) is 0 Å². The van der Waals surface area contributed by atoms with Gasteiger partial charge in [-0.15, -0.1) is 0 Å². The van der Waals surface area contributed by atoms with Crippen molar-refractivity contribution in [2.75, 3.05) is 14.2 Å². The first-order chi connectivity index (χ1) is 15.1. The van der Waals surface area contributed by atoms with Crippen LogP contribution in [0.5, 0.6) is 23.0 Å². The number of phenols is 1. The Balaban J connectivity index is 1.65. The average molecular weight is 417 g/mol. The highest BCUT2D eigenvalue weighted by molar-refractivity contribution is 5.84. The molecule has 31 heavy (non-hydrogen) atoms. The molecule has 0 aliphatic carbocycles. The number of nitrogens with zero attached hydrogens (tertiary/aromatic N) is 1. The lowest BCUT2D eigenvalue weighted by molar-refractivity contribution is 0.304. The first kappa shape index (κ1) is 20.3. The molecule has 4 aromatic rings. The van der Waals surface area contributed by atoms with Gasteiger partial charge in [-0.1, -0.05) is 41.6 Å². The Morgan fingerprint density at radius 2 is 1.68 bits per heavy atom. The Kier molecular flexibility index (Phi) is 5.80. The fourth-order valence-corrected chi connectivity index (χ4v) is 3.42. The summed E-state index contributed by atoms with van der Waals surface area (Å²) in [4.78, 5) is 0. The van der Waals surface area contributed by atoms with E-state index in [1.54, 1.807) is 32.4 Å². The van der Waals surface area contributed by atoms with Crippen molar-refractivity contribution < 1.29 is 23.8 Å². The molecule has 1 aromatic heterocycles. The van der Waals surface area contributed by atoms with Crippen molar-refractivity contribution in [3.8, 4) is 45.4 Å². The van der Waals surface area contributed by atoms with Gasteiger partial charge in [-0.05, 0) is 42.3 Å². The SMILES string of the molecule is COc1ccc(-c2c(C)noc2-c2ccc(OCc3ccccc3)cc2O)cc1OC. The standard InChI is InChI=1S/C25H23NO5/c1-16-24(18-9-12-22(28-2)23(13-18)29-3)25(31-26-16)20-11-10-19(14-21(20)27)30-15-17-7-5-4-6-8-17/h4-14,27H,15H2,1-3H3. The summed E-state index contributed by atoms with van der Waals surface area (Å²) < 4.78 is 22.1. The number of aryl methyl sites for hydroxylation is 1. The third-order valence-electron chi connectivity index (χ3n) is 5.00. The molecule has 0 spiro atoms. The van der Waals surface area contributed by atoms with Gasteiger partial charge in [0.1, 0.15) is 18.1 Å². The van der Waals surface area contributed by atoms with E-state index in [2.05, 4.69) is 5.16 Å². The van der Waals surface area contributed by atoms with E-state index in [0.717, 1.165) is 16.7 Å². The molecule has 1 N–H and O–H groups in total. The Morgan fingerprint density at radius 3 is 2.39 bits per heavy atom. The lowest BCUT2D eigenvalue weighted by atomic mass is 9.99. The molecule has 0 radical (unpaired) electrons. The van der Waals surface area contributed by atoms with E-state index >= 15 is 0 Å². The maximum absolute atomic E-state index is 10.7. The molecule has 158 valence electrons. The molecule has 6 nitrogen and oxygen atoms in total. The number of ether oxygens (including phenoxy) is 3. The number of benzene rings is 3. The minimum Gasteiger partial charge on any atom is -0.507 e. The molecular formula is C25H23NO5. The van der Waals surface area contributed by atoms with Crippen LogP contribution >= 0.6 is 0 Å². The highest BCUT2D eigenvalue weighted by Gasteiger charge is 2.21. The quantitative estimate of drug-likeness (QED) is 0.421. The van der Waals surface area contributed by atoms with Crippen molar-refractivity contribution >= 4 is 0 Å². The minimum absolute atomic E-state index is 0.0449. The largest absolute Gasteiger partial charge is 0.507 e. The molecular weight excluding hydrogens is 394 g/mol. The minimum atomic E-state index is 0.0449. The summed E-state index contributed by atoms with van der Waals surface area (Å²) in [7, 11) is 3.18. The number of phenolic OH excluding ortho intramolecular Hbond substituents is 1. The molecule has 0 atom stereocenters. The van der Waals surface area contributed by atoms with Gasteiger partial charge >= 0.3 is 0 Å². The Hall–Kier alpha value is -3.93. The van der Waals surface area contributed by atoms with Gasteiger partial charge in [-0.25, -0.2) is 0 Å². The maximum atomic E-state index is 10.7. The first-order valence-electron chi connectivity index (χ1n) is 9.79. The molecule has 0 aliphatic heterocycles. The highest BCUT2D eigenvalue weighted by atomic mass is 16.5. The summed E-state index contributed by atoms with van der Waals surface area (Å²) in [6.07, 6.45) is 0. The van der Waals surface area contributed by atoms with Gasteiger partial charge in [0.2, 0.25) is 0 Å². The topological polar surface area (TPSA) is 74.0 Å². The van der Waals surface area contributed by atoms with Crippen LogP contribution in [0.3, 0.4) is 0 Å². The fourth-order valence-electron chi connectivity index (χ4n) is 3.42. The van der Waals surface area contributed by atoms with Crippen LogP contribution in [0, 0.1) is 6.92 Å². The third kappa shape index (κ3) is 4.19. The number of aromatic hydroxyl groups is 1. The number of aromatic nitrogens is 1. The zero-order chi connectivity index (χ0) is 21.8. The number of hydrogen-bond acceptors (Lipinski definition) is 6. The average Bonchev–Trinajstić information content (AvgIpc) is 3.19. The van der Waals surface area contributed by atoms with Gasteiger partial charge in [0.15, 0.2) is 17.3 Å². The molecule has 0 aliphatic rings. The summed E-state index contributed by atoms with van der Waals surface area (Å²) in [5, 5.41) is 14.8. The van der Waals surface area contributed by atoms with Crippen molar-refractivity contribution in [1.82, 2.24) is 5.16 Å². The predicted molar refractivity (Wildman–Crippen MR) is 118 cm³/mol. The van der Waals surface area contributed by atoms with Crippen LogP contribution in [0.4, 0.5) is 0 Å². The predicted octanol–water partition coefficient (Wildman–Crippen LogP) is 5.62. The Bertz CT molecular complexity index is 1180. The maximum Gasteiger partial charge on any atom is 0.178 e. The summed E-state index contributed by atoms with van der Waals surface area (Å²) >= 11 is 0. The molecule has 3 aromatic carbocycles. The molecule has 1 heterocycles. The van der Waals surface area contributed by atoms with Crippen LogP contribution in [0.1, 0.15) is 11.3 Å². The molecule has 0 fully saturated rings. The second-order valence-corrected chi connectivity index (χ2v) is 7.00. The number of methoxy groups -OCH3 is 2. The van der Waals surface area contributed by atoms with Crippen molar-refractivity contribution in [2.24, 2.45) is 0 Å². The Morgan fingerprint density at radius 1 is 0.903 bits per heavy atom. The molecule has 0 saturated heterocycles. The van der Waals surface area contributed by atoms with Crippen LogP contribution < -0.4 is 14.2 Å². The third-order valence-corrected chi connectivity index (χ3v) is 5.00. The molecule has 4 rings (SSSR count). The lowest BCUT2D eigenvalue weighted by Crippen LogP contribution is -1.95. The van der Waals surface area contributed by atoms with Gasteiger partial charge in [0, 0.05) is 6.07 Å². The van der Waals surface area contributed by atoms with E-state index in [-0.39, 0.29) is 5.75 Å². The van der Waals surface area contributed by atoms with E-state index in [9.17, 15) is 5.11 Å². The second-order valence-electron chi connectivity index (χ2n) is 7.00. The normalized spacial score (nSPS) is 10.7. The molecule has 0 amide bonds. The van der Waals surface area contributed by atoms with E-state index in [1.807, 2.05) is 55.5 Å². The molecule has 0 unspecified atom stereocenters. The van der Waals surface area contributed by atoms with Crippen molar-refractivity contribution in [2.45, 2.75) is 13.5 Å². The zero-order valence-corrected chi connectivity index (χ0v) is 17.6. The van der Waals surface area contributed by atoms with Crippen molar-refractivity contribution in [3.05, 3.63) is 78.0 Å². The van der Waals surface area contributed by atoms with Gasteiger partial charge < -0.3 is 23.8 Å². The molecule has 6 heteroatoms. The first-order valence-corrected chi connectivity index (χ1v) is 9.79. The molecule has 0 saturated carbocycles. The second kappa shape index (κ2) is 8.83. The summed E-state index contributed by atoms with van der Waals surface area (Å²) in [5.41, 5.74) is 3.89. The van der Waals surface area contributed by atoms with E-state index < -0.39 is 0 Å². The van der Waals surface area contributed by atoms with Crippen LogP contribution in [0.25, 0.3) is 22.5 Å². The van der Waals surface area contributed by atoms with Gasteiger partial charge in [-0.2, -0.15) is 0 Å². The van der Waals surface area contributed by atoms with Crippen molar-refractivity contribution in [3.63, 3.8) is 0 Å². The smallest absolute Gasteiger partial charge is 0.178 e. The van der Waals surface area contributed by atoms with Crippen LogP contribution in [-0.2, 0) is 6.61 Å².